The van der Waals surface area contributed by atoms with Gasteiger partial charge in [-0.05, 0) is 17.5 Å². The van der Waals surface area contributed by atoms with Crippen molar-refractivity contribution in [1.29, 1.82) is 0 Å². The Balaban J connectivity index is 1.49. The van der Waals surface area contributed by atoms with Gasteiger partial charge in [-0.1, -0.05) is 36.4 Å². The molecule has 7 nitrogen and oxygen atoms in total. The summed E-state index contributed by atoms with van der Waals surface area (Å²) in [5, 5.41) is 34.1. The van der Waals surface area contributed by atoms with Gasteiger partial charge in [0.2, 0.25) is 5.60 Å². The number of fused-ring (bicyclic) bond motifs is 2. The van der Waals surface area contributed by atoms with Crippen LogP contribution in [0.15, 0.2) is 48.6 Å². The van der Waals surface area contributed by atoms with Crippen LogP contribution >= 0.6 is 0 Å². The Morgan fingerprint density at radius 2 is 1.52 bits per heavy atom. The molecule has 2 aromatic carbocycles. The SMILES string of the molecule is OC1C=CC(O)C23OC12C(O)C1OC1C31Oc2cccc3cccc(c23)O1. The number of epoxide rings is 2. The van der Waals surface area contributed by atoms with E-state index in [2.05, 4.69) is 0 Å². The molecule has 7 atom stereocenters. The molecular formula is C20H16O7. The van der Waals surface area contributed by atoms with E-state index in [0.29, 0.717) is 11.5 Å². The van der Waals surface area contributed by atoms with Crippen LogP contribution in [-0.4, -0.2) is 62.8 Å². The quantitative estimate of drug-likeness (QED) is 0.452. The maximum atomic E-state index is 10.9. The van der Waals surface area contributed by atoms with Gasteiger partial charge in [-0.25, -0.2) is 0 Å². The molecule has 3 fully saturated rings. The summed E-state index contributed by atoms with van der Waals surface area (Å²) < 4.78 is 24.5. The second-order valence-corrected chi connectivity index (χ2v) is 7.85. The molecule has 2 aromatic rings. The number of hydrogen-bond acceptors (Lipinski definition) is 7. The monoisotopic (exact) mass is 368 g/mol. The van der Waals surface area contributed by atoms with Crippen molar-refractivity contribution in [2.75, 3.05) is 0 Å². The lowest BCUT2D eigenvalue weighted by Gasteiger charge is -2.47. The Kier molecular flexibility index (Phi) is 2.27. The number of aliphatic hydroxyl groups excluding tert-OH is 3. The molecule has 2 saturated heterocycles. The molecule has 0 bridgehead atoms. The predicted octanol–water partition coefficient (Wildman–Crippen LogP) is 0.249. The van der Waals surface area contributed by atoms with Crippen LogP contribution in [0, 0.1) is 0 Å². The van der Waals surface area contributed by atoms with E-state index in [1.54, 1.807) is 0 Å². The summed E-state index contributed by atoms with van der Waals surface area (Å²) in [6.45, 7) is 0. The van der Waals surface area contributed by atoms with E-state index >= 15 is 0 Å². The van der Waals surface area contributed by atoms with Crippen molar-refractivity contribution in [3.8, 4) is 11.5 Å². The van der Waals surface area contributed by atoms with Gasteiger partial charge < -0.3 is 34.3 Å². The van der Waals surface area contributed by atoms with Crippen LogP contribution in [0.5, 0.6) is 11.5 Å². The van der Waals surface area contributed by atoms with E-state index in [1.807, 2.05) is 36.4 Å². The van der Waals surface area contributed by atoms with E-state index in [1.165, 1.54) is 12.2 Å². The molecule has 1 spiro atoms. The van der Waals surface area contributed by atoms with Gasteiger partial charge in [0, 0.05) is 0 Å². The maximum absolute atomic E-state index is 10.9. The van der Waals surface area contributed by atoms with E-state index < -0.39 is 47.5 Å². The van der Waals surface area contributed by atoms with Gasteiger partial charge >= 0.3 is 5.79 Å². The summed E-state index contributed by atoms with van der Waals surface area (Å²) in [6.07, 6.45) is -1.67. The van der Waals surface area contributed by atoms with Crippen LogP contribution in [-0.2, 0) is 9.47 Å². The Labute approximate surface area is 153 Å². The van der Waals surface area contributed by atoms with E-state index in [-0.39, 0.29) is 0 Å². The molecule has 1 saturated carbocycles. The third-order valence-electron chi connectivity index (χ3n) is 6.72. The van der Waals surface area contributed by atoms with Gasteiger partial charge in [-0.2, -0.15) is 0 Å². The smallest absolute Gasteiger partial charge is 0.315 e. The Hall–Kier alpha value is -2.16. The molecule has 138 valence electrons. The first-order valence-corrected chi connectivity index (χ1v) is 9.03. The lowest BCUT2D eigenvalue weighted by Crippen LogP contribution is -2.74. The van der Waals surface area contributed by atoms with Crippen molar-refractivity contribution in [2.24, 2.45) is 0 Å². The highest BCUT2D eigenvalue weighted by Gasteiger charge is 2.98. The Morgan fingerprint density at radius 3 is 2.22 bits per heavy atom. The summed E-state index contributed by atoms with van der Waals surface area (Å²) >= 11 is 0. The van der Waals surface area contributed by atoms with Gasteiger partial charge in [0.25, 0.3) is 0 Å². The standard InChI is InChI=1S/C20H16O7/c21-12-7-8-13(22)19-18(12,27-19)16(23)15-17(24-15)20(19)25-10-5-1-3-9-4-2-6-11(26-20)14(9)10/h1-8,12-13,15-17,21-23H. The van der Waals surface area contributed by atoms with Crippen molar-refractivity contribution in [3.05, 3.63) is 48.6 Å². The van der Waals surface area contributed by atoms with Crippen LogP contribution in [0.4, 0.5) is 0 Å². The lowest BCUT2D eigenvalue weighted by molar-refractivity contribution is -0.209. The summed E-state index contributed by atoms with van der Waals surface area (Å²) in [5.41, 5.74) is -2.90. The summed E-state index contributed by atoms with van der Waals surface area (Å²) in [7, 11) is 0. The third kappa shape index (κ3) is 1.32. The topological polar surface area (TPSA) is 104 Å². The van der Waals surface area contributed by atoms with E-state index in [0.717, 1.165) is 10.8 Å². The number of benzene rings is 2. The molecule has 7 rings (SSSR count). The number of ether oxygens (including phenoxy) is 4. The highest BCUT2D eigenvalue weighted by Crippen LogP contribution is 2.72. The van der Waals surface area contributed by atoms with Crippen LogP contribution in [0.1, 0.15) is 0 Å². The zero-order valence-corrected chi connectivity index (χ0v) is 14.0. The van der Waals surface area contributed by atoms with Gasteiger partial charge in [0.05, 0.1) is 5.39 Å². The lowest BCUT2D eigenvalue weighted by atomic mass is 9.65. The van der Waals surface area contributed by atoms with Crippen molar-refractivity contribution >= 4 is 10.8 Å². The molecule has 5 aliphatic rings. The largest absolute Gasteiger partial charge is 0.446 e. The second-order valence-electron chi connectivity index (χ2n) is 7.85. The molecule has 7 heteroatoms. The minimum Gasteiger partial charge on any atom is -0.446 e. The highest BCUT2D eigenvalue weighted by atomic mass is 16.8. The number of rotatable bonds is 0. The minimum absolute atomic E-state index is 0.593. The molecule has 3 N–H and O–H groups in total. The van der Waals surface area contributed by atoms with Crippen LogP contribution < -0.4 is 9.47 Å². The van der Waals surface area contributed by atoms with Crippen LogP contribution in [0.2, 0.25) is 0 Å². The highest BCUT2D eigenvalue weighted by molar-refractivity contribution is 5.94. The van der Waals surface area contributed by atoms with Crippen molar-refractivity contribution < 1.29 is 34.3 Å². The first-order valence-electron chi connectivity index (χ1n) is 9.03. The first-order chi connectivity index (χ1) is 13.1. The predicted molar refractivity (Wildman–Crippen MR) is 90.3 cm³/mol. The molecule has 27 heavy (non-hydrogen) atoms. The Morgan fingerprint density at radius 1 is 0.852 bits per heavy atom. The number of hydrogen-bond donors (Lipinski definition) is 3. The molecule has 0 aromatic heterocycles. The zero-order valence-electron chi connectivity index (χ0n) is 14.0. The van der Waals surface area contributed by atoms with Gasteiger partial charge in [0.1, 0.15) is 35.9 Å². The zero-order chi connectivity index (χ0) is 18.2. The fourth-order valence-electron chi connectivity index (χ4n) is 5.49. The summed E-state index contributed by atoms with van der Waals surface area (Å²) in [4.78, 5) is 0. The van der Waals surface area contributed by atoms with Crippen LogP contribution in [0.3, 0.4) is 0 Å². The first kappa shape index (κ1) is 14.8. The normalized spacial score (nSPS) is 46.7. The summed E-state index contributed by atoms with van der Waals surface area (Å²) in [5.74, 6) is -0.324. The molecule has 3 aliphatic heterocycles. The molecule has 7 unspecified atom stereocenters. The molecule has 0 radical (unpaired) electrons. The van der Waals surface area contributed by atoms with Crippen LogP contribution in [0.25, 0.3) is 10.8 Å². The van der Waals surface area contributed by atoms with Gasteiger partial charge in [0.15, 0.2) is 11.7 Å². The van der Waals surface area contributed by atoms with E-state index in [9.17, 15) is 15.3 Å². The second kappa shape index (κ2) is 4.14. The average molecular weight is 368 g/mol. The molecular weight excluding hydrogens is 352 g/mol. The third-order valence-corrected chi connectivity index (χ3v) is 6.72. The fourth-order valence-corrected chi connectivity index (χ4v) is 5.49. The van der Waals surface area contributed by atoms with Crippen molar-refractivity contribution in [2.45, 2.75) is 47.5 Å². The Bertz CT molecular complexity index is 1010. The number of aliphatic hydroxyl groups is 3. The van der Waals surface area contributed by atoms with Gasteiger partial charge in [-0.15, -0.1) is 0 Å². The van der Waals surface area contributed by atoms with Gasteiger partial charge in [-0.3, -0.25) is 0 Å². The molecule has 0 amide bonds. The maximum Gasteiger partial charge on any atom is 0.315 e. The van der Waals surface area contributed by atoms with Crippen molar-refractivity contribution in [3.63, 3.8) is 0 Å². The van der Waals surface area contributed by atoms with E-state index in [4.69, 9.17) is 18.9 Å². The minimum atomic E-state index is -1.51. The molecule has 3 heterocycles. The average Bonchev–Trinajstić information content (AvgIpc) is 3.57. The molecule has 2 aliphatic carbocycles. The van der Waals surface area contributed by atoms with Crippen molar-refractivity contribution in [1.82, 2.24) is 0 Å². The summed E-state index contributed by atoms with van der Waals surface area (Å²) in [6, 6.07) is 11.4. The fraction of sp³-hybridized carbons (Fsp3) is 0.400.